The van der Waals surface area contributed by atoms with Crippen LogP contribution in [-0.4, -0.2) is 4.32 Å². The molecule has 0 spiro atoms. The van der Waals surface area contributed by atoms with E-state index in [1.54, 1.807) is 0 Å². The zero-order valence-corrected chi connectivity index (χ0v) is 6.06. The molecule has 2 N–H and O–H groups in total. The van der Waals surface area contributed by atoms with Crippen LogP contribution in [0.2, 0.25) is 0 Å². The van der Waals surface area contributed by atoms with E-state index in [2.05, 4.69) is 30.6 Å². The second-order valence-corrected chi connectivity index (χ2v) is 1.46. The van der Waals surface area contributed by atoms with Crippen molar-refractivity contribution in [2.45, 2.75) is 0 Å². The van der Waals surface area contributed by atoms with Gasteiger partial charge >= 0.3 is 0 Å². The quantitative estimate of drug-likeness (QED) is 0.264. The Bertz CT molecular complexity index is 32.6. The third kappa shape index (κ3) is 55.3. The molecule has 0 atom stereocenters. The Morgan fingerprint density at radius 1 is 1.80 bits per heavy atom. The number of thiocarbonyl (C=S) groups is 1. The van der Waals surface area contributed by atoms with Gasteiger partial charge in [-0.3, -0.25) is 0 Å². The molecular formula is CH2INS2-2. The van der Waals surface area contributed by atoms with Crippen LogP contribution in [0.1, 0.15) is 0 Å². The summed E-state index contributed by atoms with van der Waals surface area (Å²) in [6.45, 7) is 0. The van der Waals surface area contributed by atoms with E-state index in [0.29, 0.717) is 0 Å². The summed E-state index contributed by atoms with van der Waals surface area (Å²) >= 11 is 8.26. The minimum atomic E-state index is 0. The Morgan fingerprint density at radius 3 is 1.80 bits per heavy atom. The van der Waals surface area contributed by atoms with Crippen molar-refractivity contribution in [2.24, 2.45) is 5.73 Å². The molecule has 0 saturated heterocycles. The molecule has 0 rings (SSSR count). The maximum atomic E-state index is 4.66. The lowest BCUT2D eigenvalue weighted by Gasteiger charge is -1.83. The van der Waals surface area contributed by atoms with Gasteiger partial charge in [0.1, 0.15) is 0 Å². The third-order valence-corrected chi connectivity index (χ3v) is 0. The highest BCUT2D eigenvalue weighted by Gasteiger charge is 1.35. The second-order valence-electron chi connectivity index (χ2n) is 0.319. The maximum Gasteiger partial charge on any atom is -0.0708 e. The zero-order chi connectivity index (χ0) is 3.58. The molecule has 0 aromatic rings. The van der Waals surface area contributed by atoms with E-state index in [1.807, 2.05) is 0 Å². The summed E-state index contributed by atoms with van der Waals surface area (Å²) in [7, 11) is 0. The van der Waals surface area contributed by atoms with E-state index in [4.69, 9.17) is 0 Å². The van der Waals surface area contributed by atoms with Gasteiger partial charge in [-0.1, -0.05) is 4.32 Å². The highest BCUT2D eigenvalue weighted by molar-refractivity contribution is 8.00. The van der Waals surface area contributed by atoms with Gasteiger partial charge in [-0.2, -0.15) is 0 Å². The third-order valence-electron chi connectivity index (χ3n) is 0. The molecule has 1 nitrogen and oxygen atoms in total. The van der Waals surface area contributed by atoms with E-state index in [1.165, 1.54) is 0 Å². The molecule has 0 aliphatic carbocycles. The van der Waals surface area contributed by atoms with Crippen molar-refractivity contribution < 1.29 is 24.0 Å². The number of hydrogen-bond donors (Lipinski definition) is 1. The number of rotatable bonds is 0. The Kier molecular flexibility index (Phi) is 8.98. The first-order chi connectivity index (χ1) is 1.73. The lowest BCUT2D eigenvalue weighted by Crippen LogP contribution is -3.00. The summed E-state index contributed by atoms with van der Waals surface area (Å²) in [5.41, 5.74) is 4.66. The lowest BCUT2D eigenvalue weighted by molar-refractivity contribution is -0.000000734. The first-order valence-electron chi connectivity index (χ1n) is 0.697. The minimum Gasteiger partial charge on any atom is -1.00 e. The molecule has 32 valence electrons. The minimum absolute atomic E-state index is 0. The largest absolute Gasteiger partial charge is 1.00 e. The molecule has 5 heavy (non-hydrogen) atoms. The molecule has 4 heteroatoms. The lowest BCUT2D eigenvalue weighted by atomic mass is 11.5. The van der Waals surface area contributed by atoms with Crippen LogP contribution in [0.3, 0.4) is 0 Å². The van der Waals surface area contributed by atoms with E-state index in [-0.39, 0.29) is 28.3 Å². The van der Waals surface area contributed by atoms with Gasteiger partial charge in [-0.05, 0) is 0 Å². The monoisotopic (exact) mass is 219 g/mol. The fourth-order valence-corrected chi connectivity index (χ4v) is 0. The molecule has 0 unspecified atom stereocenters. The first-order valence-corrected chi connectivity index (χ1v) is 1.51. The van der Waals surface area contributed by atoms with Gasteiger partial charge < -0.3 is 54.6 Å². The Balaban J connectivity index is 0. The fourth-order valence-electron chi connectivity index (χ4n) is 0. The van der Waals surface area contributed by atoms with E-state index < -0.39 is 0 Å². The highest BCUT2D eigenvalue weighted by Crippen LogP contribution is 1.45. The summed E-state index contributed by atoms with van der Waals surface area (Å²) in [6, 6.07) is 0. The topological polar surface area (TPSA) is 26.0 Å². The fraction of sp³-hybridized carbons (Fsp3) is 0. The standard InChI is InChI=1S/CH3NS2.HI/c2-1(3)4;/h(H3,2,3,4);1H/p-2. The van der Waals surface area contributed by atoms with Crippen molar-refractivity contribution in [2.75, 3.05) is 0 Å². The summed E-state index contributed by atoms with van der Waals surface area (Å²) in [4.78, 5) is 0. The Hall–Kier alpha value is 0.840. The van der Waals surface area contributed by atoms with Crippen LogP contribution in [-0.2, 0) is 12.6 Å². The van der Waals surface area contributed by atoms with Crippen molar-refractivity contribution in [3.8, 4) is 0 Å². The molecule has 0 bridgehead atoms. The average Bonchev–Trinajstić information content (AvgIpc) is 0.811. The summed E-state index contributed by atoms with van der Waals surface area (Å²) in [5, 5.41) is 0. The van der Waals surface area contributed by atoms with Crippen LogP contribution >= 0.6 is 12.2 Å². The van der Waals surface area contributed by atoms with Gasteiger partial charge in [0.05, 0.1) is 0 Å². The SMILES string of the molecule is NC(=S)[S-].[I-]. The van der Waals surface area contributed by atoms with Crippen LogP contribution in [0.5, 0.6) is 0 Å². The molecule has 0 heterocycles. The number of hydrogen-bond acceptors (Lipinski definition) is 2. The van der Waals surface area contributed by atoms with Crippen molar-refractivity contribution in [1.29, 1.82) is 0 Å². The van der Waals surface area contributed by atoms with Gasteiger partial charge in [-0.25, -0.2) is 0 Å². The number of halogens is 1. The molecule has 0 fully saturated rings. The molecule has 0 radical (unpaired) electrons. The van der Waals surface area contributed by atoms with Gasteiger partial charge in [0, 0.05) is 0 Å². The van der Waals surface area contributed by atoms with E-state index in [9.17, 15) is 0 Å². The average molecular weight is 219 g/mol. The predicted molar refractivity (Wildman–Crippen MR) is 24.2 cm³/mol. The van der Waals surface area contributed by atoms with Gasteiger partial charge in [0.2, 0.25) is 0 Å². The maximum absolute atomic E-state index is 4.66. The van der Waals surface area contributed by atoms with Crippen molar-refractivity contribution in [3.63, 3.8) is 0 Å². The molecule has 0 aromatic carbocycles. The van der Waals surface area contributed by atoms with E-state index in [0.717, 1.165) is 0 Å². The normalized spacial score (nSPS) is 4.80. The molecule has 0 saturated carbocycles. The first kappa shape index (κ1) is 9.28. The molecule has 0 aromatic heterocycles. The van der Waals surface area contributed by atoms with Crippen LogP contribution in [0.25, 0.3) is 0 Å². The van der Waals surface area contributed by atoms with Gasteiger partial charge in [-0.15, -0.1) is 0 Å². The van der Waals surface area contributed by atoms with Crippen molar-refractivity contribution >= 4 is 29.2 Å². The Labute approximate surface area is 58.7 Å². The highest BCUT2D eigenvalue weighted by atomic mass is 127. The number of nitrogens with two attached hydrogens (primary N) is 1. The molecule has 0 amide bonds. The van der Waals surface area contributed by atoms with Crippen LogP contribution in [0.4, 0.5) is 0 Å². The molecule has 0 aliphatic heterocycles. The zero-order valence-electron chi connectivity index (χ0n) is 2.27. The van der Waals surface area contributed by atoms with E-state index >= 15 is 0 Å². The summed E-state index contributed by atoms with van der Waals surface area (Å²) in [6.07, 6.45) is 0. The van der Waals surface area contributed by atoms with Crippen LogP contribution < -0.4 is 29.7 Å². The smallest absolute Gasteiger partial charge is 0.0708 e. The van der Waals surface area contributed by atoms with Crippen molar-refractivity contribution in [3.05, 3.63) is 0 Å². The van der Waals surface area contributed by atoms with Crippen molar-refractivity contribution in [1.82, 2.24) is 0 Å². The van der Waals surface area contributed by atoms with Gasteiger partial charge in [0.25, 0.3) is 0 Å². The second kappa shape index (κ2) is 4.84. The summed E-state index contributed by atoms with van der Waals surface area (Å²) in [5.74, 6) is 0. The van der Waals surface area contributed by atoms with Gasteiger partial charge in [0.15, 0.2) is 0 Å². The summed E-state index contributed by atoms with van der Waals surface area (Å²) < 4.78 is 0.0833. The molecule has 0 aliphatic rings. The van der Waals surface area contributed by atoms with Crippen LogP contribution in [0, 0.1) is 0 Å². The Morgan fingerprint density at radius 2 is 1.80 bits per heavy atom. The van der Waals surface area contributed by atoms with Crippen LogP contribution in [0.15, 0.2) is 0 Å². The predicted octanol–water partition coefficient (Wildman–Crippen LogP) is -3.22. The molecular weight excluding hydrogens is 217 g/mol.